The van der Waals surface area contributed by atoms with E-state index in [-0.39, 0.29) is 11.5 Å². The average Bonchev–Trinajstić information content (AvgIpc) is 2.32. The van der Waals surface area contributed by atoms with E-state index in [9.17, 15) is 4.39 Å². The summed E-state index contributed by atoms with van der Waals surface area (Å²) in [7, 11) is 0. The van der Waals surface area contributed by atoms with Gasteiger partial charge in [-0.2, -0.15) is 0 Å². The van der Waals surface area contributed by atoms with Gasteiger partial charge in [-0.25, -0.2) is 4.39 Å². The van der Waals surface area contributed by atoms with Crippen LogP contribution in [0.1, 0.15) is 0 Å². The summed E-state index contributed by atoms with van der Waals surface area (Å²) in [5, 5.41) is 3.60. The summed E-state index contributed by atoms with van der Waals surface area (Å²) in [6.45, 7) is 0. The van der Waals surface area contributed by atoms with E-state index in [4.69, 9.17) is 5.73 Å². The quantitative estimate of drug-likeness (QED) is 0.445. The molecule has 0 fully saturated rings. The van der Waals surface area contributed by atoms with Gasteiger partial charge >= 0.3 is 0 Å². The molecule has 0 spiro atoms. The first-order valence-electron chi connectivity index (χ1n) is 5.12. The molecule has 0 unspecified atom stereocenters. The number of halogens is 1. The van der Waals surface area contributed by atoms with Crippen molar-refractivity contribution in [3.8, 4) is 0 Å². The number of hydrogen-bond acceptors (Lipinski definition) is 1. The summed E-state index contributed by atoms with van der Waals surface area (Å²) in [6.07, 6.45) is 0. The smallest absolute Gasteiger partial charge is 0.153 e. The molecule has 0 saturated carbocycles. The second-order valence-electron chi connectivity index (χ2n) is 3.89. The van der Waals surface area contributed by atoms with Gasteiger partial charge in [0.05, 0.1) is 5.69 Å². The van der Waals surface area contributed by atoms with E-state index in [0.29, 0.717) is 5.39 Å². The average molecular weight is 211 g/mol. The van der Waals surface area contributed by atoms with Crippen LogP contribution in [-0.4, -0.2) is 0 Å². The fourth-order valence-electron chi connectivity index (χ4n) is 1.99. The van der Waals surface area contributed by atoms with Crippen LogP contribution in [-0.2, 0) is 0 Å². The van der Waals surface area contributed by atoms with Gasteiger partial charge in [0.25, 0.3) is 0 Å². The van der Waals surface area contributed by atoms with Crippen LogP contribution in [0.15, 0.2) is 48.5 Å². The van der Waals surface area contributed by atoms with Gasteiger partial charge in [0.2, 0.25) is 0 Å². The molecule has 3 rings (SSSR count). The highest BCUT2D eigenvalue weighted by Crippen LogP contribution is 2.27. The third kappa shape index (κ3) is 1.23. The predicted molar refractivity (Wildman–Crippen MR) is 65.8 cm³/mol. The van der Waals surface area contributed by atoms with Gasteiger partial charge in [-0.15, -0.1) is 0 Å². The maximum atomic E-state index is 13.8. The van der Waals surface area contributed by atoms with Gasteiger partial charge in [-0.3, -0.25) is 0 Å². The summed E-state index contributed by atoms with van der Waals surface area (Å²) in [6, 6.07) is 15.2. The second-order valence-corrected chi connectivity index (χ2v) is 3.89. The van der Waals surface area contributed by atoms with E-state index in [0.717, 1.165) is 16.2 Å². The molecular formula is C14H10FN. The molecule has 0 aliphatic carbocycles. The molecule has 0 amide bonds. The molecule has 0 saturated heterocycles. The zero-order valence-electron chi connectivity index (χ0n) is 8.57. The number of rotatable bonds is 0. The molecule has 0 radical (unpaired) electrons. The van der Waals surface area contributed by atoms with E-state index >= 15 is 0 Å². The first-order chi connectivity index (χ1) is 7.75. The topological polar surface area (TPSA) is 26.0 Å². The third-order valence-corrected chi connectivity index (χ3v) is 2.85. The van der Waals surface area contributed by atoms with Crippen LogP contribution in [0, 0.1) is 5.82 Å². The minimum absolute atomic E-state index is 0.197. The minimum Gasteiger partial charge on any atom is -0.396 e. The van der Waals surface area contributed by atoms with Gasteiger partial charge in [-0.1, -0.05) is 30.3 Å². The van der Waals surface area contributed by atoms with Crippen LogP contribution < -0.4 is 5.73 Å². The van der Waals surface area contributed by atoms with Crippen molar-refractivity contribution in [2.24, 2.45) is 0 Å². The molecule has 0 aliphatic rings. The Bertz CT molecular complexity index is 689. The first-order valence-corrected chi connectivity index (χ1v) is 5.12. The van der Waals surface area contributed by atoms with Crippen LogP contribution in [0.4, 0.5) is 10.1 Å². The molecule has 16 heavy (non-hydrogen) atoms. The van der Waals surface area contributed by atoms with Crippen LogP contribution in [0.2, 0.25) is 0 Å². The van der Waals surface area contributed by atoms with Crippen molar-refractivity contribution < 1.29 is 4.39 Å². The lowest BCUT2D eigenvalue weighted by Gasteiger charge is -2.05. The lowest BCUT2D eigenvalue weighted by molar-refractivity contribution is 0.644. The SMILES string of the molecule is Nc1ccc2cc3ccccc3cc2c1F. The van der Waals surface area contributed by atoms with Gasteiger partial charge in [0.15, 0.2) is 5.82 Å². The molecule has 3 aromatic rings. The van der Waals surface area contributed by atoms with Crippen molar-refractivity contribution in [1.29, 1.82) is 0 Å². The Labute approximate surface area is 92.3 Å². The molecule has 0 aromatic heterocycles. The molecule has 0 bridgehead atoms. The largest absolute Gasteiger partial charge is 0.396 e. The number of benzene rings is 3. The molecule has 2 heteroatoms. The van der Waals surface area contributed by atoms with Gasteiger partial charge in [0, 0.05) is 5.39 Å². The number of anilines is 1. The molecule has 0 aliphatic heterocycles. The van der Waals surface area contributed by atoms with Crippen molar-refractivity contribution in [3.05, 3.63) is 54.3 Å². The van der Waals surface area contributed by atoms with Gasteiger partial charge in [0.1, 0.15) is 0 Å². The Hall–Kier alpha value is -2.09. The van der Waals surface area contributed by atoms with E-state index < -0.39 is 0 Å². The summed E-state index contributed by atoms with van der Waals surface area (Å²) < 4.78 is 13.8. The van der Waals surface area contributed by atoms with E-state index in [1.54, 1.807) is 6.07 Å². The highest BCUT2D eigenvalue weighted by Gasteiger charge is 2.05. The van der Waals surface area contributed by atoms with Crippen molar-refractivity contribution in [2.45, 2.75) is 0 Å². The van der Waals surface area contributed by atoms with Crippen LogP contribution in [0.3, 0.4) is 0 Å². The number of nitrogens with two attached hydrogens (primary N) is 1. The van der Waals surface area contributed by atoms with E-state index in [1.165, 1.54) is 0 Å². The number of hydrogen-bond donors (Lipinski definition) is 1. The lowest BCUT2D eigenvalue weighted by atomic mass is 10.0. The predicted octanol–water partition coefficient (Wildman–Crippen LogP) is 3.71. The fraction of sp³-hybridized carbons (Fsp3) is 0. The first kappa shape index (κ1) is 9.16. The Morgan fingerprint density at radius 2 is 1.50 bits per heavy atom. The summed E-state index contributed by atoms with van der Waals surface area (Å²) >= 11 is 0. The monoisotopic (exact) mass is 211 g/mol. The highest BCUT2D eigenvalue weighted by atomic mass is 19.1. The highest BCUT2D eigenvalue weighted by molar-refractivity contribution is 5.99. The van der Waals surface area contributed by atoms with Gasteiger partial charge < -0.3 is 5.73 Å². The van der Waals surface area contributed by atoms with Crippen LogP contribution in [0.5, 0.6) is 0 Å². The number of fused-ring (bicyclic) bond motifs is 2. The zero-order valence-corrected chi connectivity index (χ0v) is 8.57. The maximum Gasteiger partial charge on any atom is 0.153 e. The normalized spacial score (nSPS) is 11.1. The third-order valence-electron chi connectivity index (χ3n) is 2.85. The molecular weight excluding hydrogens is 201 g/mol. The number of nitrogen functional groups attached to an aromatic ring is 1. The second kappa shape index (κ2) is 3.20. The van der Waals surface area contributed by atoms with Crippen LogP contribution >= 0.6 is 0 Å². The molecule has 78 valence electrons. The van der Waals surface area contributed by atoms with Crippen molar-refractivity contribution in [1.82, 2.24) is 0 Å². The van der Waals surface area contributed by atoms with Gasteiger partial charge in [-0.05, 0) is 34.4 Å². The molecule has 3 aromatic carbocycles. The Balaban J connectivity index is 2.51. The van der Waals surface area contributed by atoms with Crippen molar-refractivity contribution in [3.63, 3.8) is 0 Å². The molecule has 1 nitrogen and oxygen atoms in total. The molecule has 2 N–H and O–H groups in total. The van der Waals surface area contributed by atoms with Crippen molar-refractivity contribution >= 4 is 27.2 Å². The standard InChI is InChI=1S/C14H10FN/c15-14-12-8-10-4-2-1-3-9(10)7-11(12)5-6-13(14)16/h1-8H,16H2. The Kier molecular flexibility index (Phi) is 1.83. The summed E-state index contributed by atoms with van der Waals surface area (Å²) in [5.41, 5.74) is 5.75. The van der Waals surface area contributed by atoms with Crippen molar-refractivity contribution in [2.75, 3.05) is 5.73 Å². The maximum absolute atomic E-state index is 13.8. The zero-order chi connectivity index (χ0) is 11.1. The lowest BCUT2D eigenvalue weighted by Crippen LogP contribution is -1.91. The Morgan fingerprint density at radius 3 is 2.25 bits per heavy atom. The molecule has 0 heterocycles. The minimum atomic E-state index is -0.330. The Morgan fingerprint density at radius 1 is 0.812 bits per heavy atom. The fourth-order valence-corrected chi connectivity index (χ4v) is 1.99. The summed E-state index contributed by atoms with van der Waals surface area (Å²) in [5.74, 6) is -0.330. The van der Waals surface area contributed by atoms with E-state index in [1.807, 2.05) is 42.5 Å². The summed E-state index contributed by atoms with van der Waals surface area (Å²) in [4.78, 5) is 0. The molecule has 0 atom stereocenters. The van der Waals surface area contributed by atoms with E-state index in [2.05, 4.69) is 0 Å². The van der Waals surface area contributed by atoms with Crippen LogP contribution in [0.25, 0.3) is 21.5 Å².